The van der Waals surface area contributed by atoms with Crippen molar-refractivity contribution in [3.63, 3.8) is 0 Å². The predicted octanol–water partition coefficient (Wildman–Crippen LogP) is 4.45. The van der Waals surface area contributed by atoms with Gasteiger partial charge in [0.15, 0.2) is 0 Å². The molecule has 0 aliphatic carbocycles. The van der Waals surface area contributed by atoms with Gasteiger partial charge in [0.1, 0.15) is 5.82 Å². The van der Waals surface area contributed by atoms with Crippen LogP contribution in [-0.4, -0.2) is 15.6 Å². The highest BCUT2D eigenvalue weighted by molar-refractivity contribution is 5.99. The van der Waals surface area contributed by atoms with Crippen molar-refractivity contribution in [3.05, 3.63) is 82.2 Å². The fourth-order valence-electron chi connectivity index (χ4n) is 2.66. The van der Waals surface area contributed by atoms with Gasteiger partial charge in [-0.15, -0.1) is 0 Å². The molecule has 0 aliphatic heterocycles. The Balaban J connectivity index is 1.79. The number of halogens is 1. The summed E-state index contributed by atoms with van der Waals surface area (Å²) < 4.78 is 15.0. The molecule has 0 fully saturated rings. The zero-order valence-corrected chi connectivity index (χ0v) is 15.9. The zero-order valence-electron chi connectivity index (χ0n) is 15.9. The average molecular weight is 380 g/mol. The molecule has 0 spiro atoms. The Morgan fingerprint density at radius 1 is 1.11 bits per heavy atom. The fraction of sp³-hybridized carbons (Fsp3) is 0.190. The van der Waals surface area contributed by atoms with Gasteiger partial charge in [-0.1, -0.05) is 32.0 Å². The third-order valence-corrected chi connectivity index (χ3v) is 4.34. The number of urea groups is 1. The molecule has 2 N–H and O–H groups in total. The first-order valence-corrected chi connectivity index (χ1v) is 8.87. The molecule has 2 amide bonds. The summed E-state index contributed by atoms with van der Waals surface area (Å²) in [6.07, 6.45) is 2.96. The molecule has 0 saturated carbocycles. The van der Waals surface area contributed by atoms with Gasteiger partial charge < -0.3 is 5.32 Å². The van der Waals surface area contributed by atoms with E-state index < -0.39 is 17.4 Å². The van der Waals surface area contributed by atoms with Gasteiger partial charge in [0.2, 0.25) is 5.82 Å². The van der Waals surface area contributed by atoms with E-state index >= 15 is 0 Å². The van der Waals surface area contributed by atoms with Crippen molar-refractivity contribution in [3.8, 4) is 5.69 Å². The molecule has 1 heterocycles. The second-order valence-electron chi connectivity index (χ2n) is 6.74. The molecule has 6 nitrogen and oxygen atoms in total. The summed E-state index contributed by atoms with van der Waals surface area (Å²) in [4.78, 5) is 28.8. The van der Waals surface area contributed by atoms with E-state index in [0.29, 0.717) is 17.2 Å². The van der Waals surface area contributed by atoms with Gasteiger partial charge in [0.05, 0.1) is 0 Å². The number of benzene rings is 2. The lowest BCUT2D eigenvalue weighted by molar-refractivity contribution is 0.262. The Labute approximate surface area is 162 Å². The Morgan fingerprint density at radius 3 is 2.46 bits per heavy atom. The number of nitrogens with zero attached hydrogens (tertiary/aromatic N) is 2. The van der Waals surface area contributed by atoms with Crippen molar-refractivity contribution in [1.29, 1.82) is 0 Å². The first-order valence-electron chi connectivity index (χ1n) is 8.87. The van der Waals surface area contributed by atoms with Gasteiger partial charge in [-0.25, -0.2) is 14.2 Å². The van der Waals surface area contributed by atoms with Crippen LogP contribution in [0.2, 0.25) is 0 Å². The van der Waals surface area contributed by atoms with E-state index in [0.717, 1.165) is 5.56 Å². The molecule has 7 heteroatoms. The smallest absolute Gasteiger partial charge is 0.308 e. The van der Waals surface area contributed by atoms with Crippen LogP contribution in [0, 0.1) is 12.7 Å². The second-order valence-corrected chi connectivity index (χ2v) is 6.74. The normalized spacial score (nSPS) is 10.8. The summed E-state index contributed by atoms with van der Waals surface area (Å²) in [7, 11) is 0. The number of aromatic nitrogens is 2. The summed E-state index contributed by atoms with van der Waals surface area (Å²) in [5.74, 6) is -0.167. The minimum absolute atomic E-state index is 0.125. The number of rotatable bonds is 4. The molecule has 0 atom stereocenters. The lowest BCUT2D eigenvalue weighted by atomic mass is 10.0. The van der Waals surface area contributed by atoms with E-state index in [2.05, 4.69) is 29.5 Å². The Hall–Kier alpha value is -3.48. The average Bonchev–Trinajstić information content (AvgIpc) is 2.66. The maximum Gasteiger partial charge on any atom is 0.325 e. The predicted molar refractivity (Wildman–Crippen MR) is 108 cm³/mol. The molecule has 2 aromatic carbocycles. The van der Waals surface area contributed by atoms with Gasteiger partial charge in [0.25, 0.3) is 5.56 Å². The zero-order chi connectivity index (χ0) is 20.3. The summed E-state index contributed by atoms with van der Waals surface area (Å²) >= 11 is 0. The third kappa shape index (κ3) is 4.25. The van der Waals surface area contributed by atoms with Crippen molar-refractivity contribution in [1.82, 2.24) is 9.55 Å². The highest BCUT2D eigenvalue weighted by Crippen LogP contribution is 2.16. The van der Waals surface area contributed by atoms with Crippen molar-refractivity contribution in [2.24, 2.45) is 0 Å². The highest BCUT2D eigenvalue weighted by Gasteiger charge is 2.11. The van der Waals surface area contributed by atoms with Crippen LogP contribution in [-0.2, 0) is 0 Å². The number of aryl methyl sites for hydroxylation is 1. The van der Waals surface area contributed by atoms with Crippen LogP contribution in [0.15, 0.2) is 59.7 Å². The number of carbonyl (C=O) groups excluding carboxylic acids is 1. The van der Waals surface area contributed by atoms with Crippen molar-refractivity contribution in [2.75, 3.05) is 10.6 Å². The second kappa shape index (κ2) is 8.04. The number of amides is 2. The first kappa shape index (κ1) is 19.3. The van der Waals surface area contributed by atoms with Gasteiger partial charge in [-0.3, -0.25) is 14.7 Å². The maximum absolute atomic E-state index is 13.6. The molecule has 0 unspecified atom stereocenters. The molecule has 0 aliphatic rings. The number of nitrogens with one attached hydrogen (secondary N) is 2. The van der Waals surface area contributed by atoms with Crippen molar-refractivity contribution >= 4 is 17.5 Å². The third-order valence-electron chi connectivity index (χ3n) is 4.34. The molecule has 28 heavy (non-hydrogen) atoms. The Bertz CT molecular complexity index is 1060. The SMILES string of the molecule is Cc1ccc(NC(=O)Nc2nccn(-c3ccc(C(C)C)cc3)c2=O)cc1F. The van der Waals surface area contributed by atoms with E-state index in [1.807, 2.05) is 24.3 Å². The molecular formula is C21H21FN4O2. The van der Waals surface area contributed by atoms with E-state index in [9.17, 15) is 14.0 Å². The summed E-state index contributed by atoms with van der Waals surface area (Å²) in [6, 6.07) is 11.3. The van der Waals surface area contributed by atoms with Gasteiger partial charge in [-0.05, 0) is 48.2 Å². The number of hydrogen-bond acceptors (Lipinski definition) is 3. The molecule has 3 rings (SSSR count). The van der Waals surface area contributed by atoms with Crippen LogP contribution in [0.1, 0.15) is 30.9 Å². The first-order chi connectivity index (χ1) is 13.3. The molecule has 0 bridgehead atoms. The van der Waals surface area contributed by atoms with Crippen LogP contribution in [0.25, 0.3) is 5.69 Å². The Morgan fingerprint density at radius 2 is 1.82 bits per heavy atom. The topological polar surface area (TPSA) is 76.0 Å². The molecule has 144 valence electrons. The van der Waals surface area contributed by atoms with Gasteiger partial charge >= 0.3 is 6.03 Å². The van der Waals surface area contributed by atoms with E-state index in [1.54, 1.807) is 19.1 Å². The standard InChI is InChI=1S/C21H21FN4O2/c1-13(2)15-5-8-17(9-6-15)26-11-10-23-19(20(26)27)25-21(28)24-16-7-4-14(3)18(22)12-16/h4-13H,1-3H3,(H2,23,24,25,28). The number of hydrogen-bond donors (Lipinski definition) is 2. The van der Waals surface area contributed by atoms with Crippen LogP contribution in [0.3, 0.4) is 0 Å². The fourth-order valence-corrected chi connectivity index (χ4v) is 2.66. The maximum atomic E-state index is 13.6. The lowest BCUT2D eigenvalue weighted by Gasteiger charge is -2.11. The van der Waals surface area contributed by atoms with Crippen LogP contribution >= 0.6 is 0 Å². The minimum atomic E-state index is -0.680. The van der Waals surface area contributed by atoms with Crippen LogP contribution in [0.4, 0.5) is 20.7 Å². The number of anilines is 2. The molecule has 0 radical (unpaired) electrons. The highest BCUT2D eigenvalue weighted by atomic mass is 19.1. The Kier molecular flexibility index (Phi) is 5.54. The quantitative estimate of drug-likeness (QED) is 0.702. The lowest BCUT2D eigenvalue weighted by Crippen LogP contribution is -2.28. The van der Waals surface area contributed by atoms with Crippen LogP contribution < -0.4 is 16.2 Å². The molecule has 3 aromatic rings. The van der Waals surface area contributed by atoms with E-state index in [1.165, 1.54) is 23.0 Å². The van der Waals surface area contributed by atoms with E-state index in [4.69, 9.17) is 0 Å². The van der Waals surface area contributed by atoms with Crippen LogP contribution in [0.5, 0.6) is 0 Å². The monoisotopic (exact) mass is 380 g/mol. The van der Waals surface area contributed by atoms with E-state index in [-0.39, 0.29) is 11.5 Å². The van der Waals surface area contributed by atoms with Gasteiger partial charge in [0, 0.05) is 23.8 Å². The summed E-state index contributed by atoms with van der Waals surface area (Å²) in [5, 5.41) is 4.90. The minimum Gasteiger partial charge on any atom is -0.308 e. The molecule has 1 aromatic heterocycles. The summed E-state index contributed by atoms with van der Waals surface area (Å²) in [6.45, 7) is 5.81. The molecular weight excluding hydrogens is 359 g/mol. The van der Waals surface area contributed by atoms with Crippen molar-refractivity contribution < 1.29 is 9.18 Å². The largest absolute Gasteiger partial charge is 0.325 e. The molecule has 0 saturated heterocycles. The van der Waals surface area contributed by atoms with Crippen molar-refractivity contribution in [2.45, 2.75) is 26.7 Å². The van der Waals surface area contributed by atoms with Gasteiger partial charge in [-0.2, -0.15) is 0 Å². The number of carbonyl (C=O) groups is 1. The summed E-state index contributed by atoms with van der Waals surface area (Å²) in [5.41, 5.74) is 2.11.